The monoisotopic (exact) mass is 450 g/mol. The molecule has 4 aromatic rings. The van der Waals surface area contributed by atoms with Crippen LogP contribution >= 0.6 is 0 Å². The summed E-state index contributed by atoms with van der Waals surface area (Å²) in [5.41, 5.74) is 4.33. The minimum atomic E-state index is 0.768. The highest BCUT2D eigenvalue weighted by Crippen LogP contribution is 2.33. The molecule has 6 heteroatoms. The predicted molar refractivity (Wildman–Crippen MR) is 141 cm³/mol. The van der Waals surface area contributed by atoms with Gasteiger partial charge in [-0.2, -0.15) is 15.3 Å². The maximum absolute atomic E-state index is 4.54. The molecule has 0 bridgehead atoms. The Morgan fingerprint density at radius 2 is 1.15 bits per heavy atom. The van der Waals surface area contributed by atoms with Crippen LogP contribution < -0.4 is 5.32 Å². The molecule has 0 aliphatic rings. The van der Waals surface area contributed by atoms with Crippen molar-refractivity contribution in [3.05, 3.63) is 91.0 Å². The van der Waals surface area contributed by atoms with Gasteiger partial charge in [0.2, 0.25) is 0 Å². The number of hydrogen-bond acceptors (Lipinski definition) is 6. The minimum absolute atomic E-state index is 0.768. The molecule has 4 rings (SSSR count). The van der Waals surface area contributed by atoms with Crippen LogP contribution in [-0.2, 0) is 0 Å². The molecule has 0 saturated carbocycles. The van der Waals surface area contributed by atoms with E-state index in [9.17, 15) is 0 Å². The molecule has 1 N–H and O–H groups in total. The Morgan fingerprint density at radius 1 is 0.588 bits per heavy atom. The Labute approximate surface area is 201 Å². The Morgan fingerprint density at radius 3 is 1.79 bits per heavy atom. The van der Waals surface area contributed by atoms with Gasteiger partial charge in [-0.1, -0.05) is 56.3 Å². The molecule has 0 aromatic heterocycles. The Balaban J connectivity index is 1.46. The summed E-state index contributed by atoms with van der Waals surface area (Å²) in [6.07, 6.45) is 0. The molecule has 0 fully saturated rings. The molecular weight excluding hydrogens is 420 g/mol. The number of anilines is 1. The number of likely N-dealkylation sites (N-methyl/N-ethyl adjacent to an activating group) is 1. The molecule has 0 unspecified atom stereocenters. The van der Waals surface area contributed by atoms with Crippen LogP contribution in [0, 0.1) is 0 Å². The third kappa shape index (κ3) is 6.11. The molecule has 6 nitrogen and oxygen atoms in total. The first-order chi connectivity index (χ1) is 16.8. The molecule has 0 radical (unpaired) electrons. The lowest BCUT2D eigenvalue weighted by Gasteiger charge is -2.19. The maximum atomic E-state index is 4.54. The lowest BCUT2D eigenvalue weighted by atomic mass is 10.1. The quantitative estimate of drug-likeness (QED) is 0.246. The standard InChI is InChI=1S/C28H30N6/c1-3-34(4-2)21-20-29-27-18-19-28(26-13-9-8-12-25(26)27)33-32-24-16-14-23(15-17-24)31-30-22-10-6-5-7-11-22/h5-19,29H,3-4,20-21H2,1-2H3. The molecule has 0 saturated heterocycles. The second-order valence-electron chi connectivity index (χ2n) is 7.88. The molecular formula is C28H30N6. The fourth-order valence-corrected chi connectivity index (χ4v) is 3.72. The van der Waals surface area contributed by atoms with E-state index in [-0.39, 0.29) is 0 Å². The fourth-order valence-electron chi connectivity index (χ4n) is 3.72. The van der Waals surface area contributed by atoms with Gasteiger partial charge >= 0.3 is 0 Å². The van der Waals surface area contributed by atoms with Gasteiger partial charge < -0.3 is 10.2 Å². The molecule has 0 amide bonds. The lowest BCUT2D eigenvalue weighted by molar-refractivity contribution is 0.316. The number of benzene rings is 4. The second kappa shape index (κ2) is 11.8. The summed E-state index contributed by atoms with van der Waals surface area (Å²) in [7, 11) is 0. The van der Waals surface area contributed by atoms with Crippen molar-refractivity contribution in [1.82, 2.24) is 4.90 Å². The van der Waals surface area contributed by atoms with Crippen molar-refractivity contribution < 1.29 is 0 Å². The van der Waals surface area contributed by atoms with E-state index in [4.69, 9.17) is 0 Å². The first-order valence-electron chi connectivity index (χ1n) is 11.7. The van der Waals surface area contributed by atoms with Crippen molar-refractivity contribution in [3.8, 4) is 0 Å². The fraction of sp³-hybridized carbons (Fsp3) is 0.214. The van der Waals surface area contributed by atoms with Crippen LogP contribution in [0.2, 0.25) is 0 Å². The number of nitrogens with zero attached hydrogens (tertiary/aromatic N) is 5. The third-order valence-corrected chi connectivity index (χ3v) is 5.70. The molecule has 172 valence electrons. The average molecular weight is 451 g/mol. The Hall–Kier alpha value is -3.90. The van der Waals surface area contributed by atoms with E-state index in [1.165, 1.54) is 0 Å². The van der Waals surface area contributed by atoms with Gasteiger partial charge in [0.05, 0.1) is 22.7 Å². The van der Waals surface area contributed by atoms with Crippen LogP contribution in [0.4, 0.5) is 28.4 Å². The summed E-state index contributed by atoms with van der Waals surface area (Å²) in [4.78, 5) is 2.41. The zero-order valence-corrected chi connectivity index (χ0v) is 19.7. The molecule has 34 heavy (non-hydrogen) atoms. The summed E-state index contributed by atoms with van der Waals surface area (Å²) >= 11 is 0. The van der Waals surface area contributed by atoms with Gasteiger partial charge in [0.1, 0.15) is 0 Å². The van der Waals surface area contributed by atoms with Crippen LogP contribution in [0.5, 0.6) is 0 Å². The van der Waals surface area contributed by atoms with Gasteiger partial charge in [-0.3, -0.25) is 0 Å². The topological polar surface area (TPSA) is 64.7 Å². The summed E-state index contributed by atoms with van der Waals surface area (Å²) < 4.78 is 0. The minimum Gasteiger partial charge on any atom is -0.383 e. The highest BCUT2D eigenvalue weighted by molar-refractivity contribution is 6.00. The molecule has 0 aliphatic heterocycles. The van der Waals surface area contributed by atoms with E-state index in [1.54, 1.807) is 0 Å². The predicted octanol–water partition coefficient (Wildman–Crippen LogP) is 8.42. The van der Waals surface area contributed by atoms with Gasteiger partial charge in [-0.05, 0) is 61.6 Å². The summed E-state index contributed by atoms with van der Waals surface area (Å²) in [5, 5.41) is 23.3. The smallest absolute Gasteiger partial charge is 0.0936 e. The number of nitrogens with one attached hydrogen (secondary N) is 1. The summed E-state index contributed by atoms with van der Waals surface area (Å²) in [6, 6.07) is 29.7. The van der Waals surface area contributed by atoms with Crippen molar-refractivity contribution >= 4 is 39.2 Å². The number of hydrogen-bond donors (Lipinski definition) is 1. The second-order valence-corrected chi connectivity index (χ2v) is 7.88. The molecule has 4 aromatic carbocycles. The van der Waals surface area contributed by atoms with Crippen molar-refractivity contribution in [2.45, 2.75) is 13.8 Å². The van der Waals surface area contributed by atoms with Crippen LogP contribution in [0.15, 0.2) is 111 Å². The third-order valence-electron chi connectivity index (χ3n) is 5.70. The van der Waals surface area contributed by atoms with E-state index in [1.807, 2.05) is 66.7 Å². The highest BCUT2D eigenvalue weighted by atomic mass is 15.1. The largest absolute Gasteiger partial charge is 0.383 e. The lowest BCUT2D eigenvalue weighted by Crippen LogP contribution is -2.28. The average Bonchev–Trinajstić information content (AvgIpc) is 2.90. The zero-order valence-electron chi connectivity index (χ0n) is 19.7. The van der Waals surface area contributed by atoms with Crippen LogP contribution in [0.25, 0.3) is 10.8 Å². The summed E-state index contributed by atoms with van der Waals surface area (Å²) in [5.74, 6) is 0. The highest BCUT2D eigenvalue weighted by Gasteiger charge is 2.06. The zero-order chi connectivity index (χ0) is 23.6. The van der Waals surface area contributed by atoms with Crippen molar-refractivity contribution in [2.75, 3.05) is 31.5 Å². The summed E-state index contributed by atoms with van der Waals surface area (Å²) in [6.45, 7) is 8.44. The van der Waals surface area contributed by atoms with Crippen LogP contribution in [0.3, 0.4) is 0 Å². The van der Waals surface area contributed by atoms with Gasteiger partial charge in [-0.15, -0.1) is 5.11 Å². The van der Waals surface area contributed by atoms with E-state index >= 15 is 0 Å². The van der Waals surface area contributed by atoms with Gasteiger partial charge in [0.15, 0.2) is 0 Å². The molecule has 0 aliphatic carbocycles. The Bertz CT molecular complexity index is 1250. The van der Waals surface area contributed by atoms with Crippen molar-refractivity contribution in [3.63, 3.8) is 0 Å². The van der Waals surface area contributed by atoms with Gasteiger partial charge in [-0.25, -0.2) is 0 Å². The van der Waals surface area contributed by atoms with E-state index in [2.05, 4.69) is 68.8 Å². The van der Waals surface area contributed by atoms with Crippen molar-refractivity contribution in [2.24, 2.45) is 20.5 Å². The SMILES string of the molecule is CCN(CC)CCNc1ccc(N=Nc2ccc(N=Nc3ccccc3)cc2)c2ccccc12. The maximum Gasteiger partial charge on any atom is 0.0936 e. The van der Waals surface area contributed by atoms with E-state index < -0.39 is 0 Å². The van der Waals surface area contributed by atoms with Crippen LogP contribution in [0.1, 0.15) is 13.8 Å². The molecule has 0 heterocycles. The van der Waals surface area contributed by atoms with Crippen molar-refractivity contribution in [1.29, 1.82) is 0 Å². The number of rotatable bonds is 10. The molecule has 0 atom stereocenters. The van der Waals surface area contributed by atoms with E-state index in [0.717, 1.165) is 65.4 Å². The first kappa shape index (κ1) is 23.3. The van der Waals surface area contributed by atoms with Gasteiger partial charge in [0.25, 0.3) is 0 Å². The normalized spacial score (nSPS) is 11.7. The molecule has 0 spiro atoms. The first-order valence-corrected chi connectivity index (χ1v) is 11.7. The number of azo groups is 2. The Kier molecular flexibility index (Phi) is 8.08. The van der Waals surface area contributed by atoms with Gasteiger partial charge in [0, 0.05) is 29.5 Å². The van der Waals surface area contributed by atoms with Crippen LogP contribution in [-0.4, -0.2) is 31.1 Å². The van der Waals surface area contributed by atoms with E-state index in [0.29, 0.717) is 0 Å². The number of fused-ring (bicyclic) bond motifs is 1.